The van der Waals surface area contributed by atoms with Crippen molar-refractivity contribution in [1.82, 2.24) is 24.6 Å². The van der Waals surface area contributed by atoms with Crippen LogP contribution in [-0.2, 0) is 9.47 Å². The molecule has 3 fully saturated rings. The van der Waals surface area contributed by atoms with Crippen molar-refractivity contribution >= 4 is 30.2 Å². The zero-order valence-corrected chi connectivity index (χ0v) is 22.6. The Hall–Kier alpha value is -2.20. The number of hydrogen-bond donors (Lipinski definition) is 0. The molecule has 1 aromatic carbocycles. The lowest BCUT2D eigenvalue weighted by molar-refractivity contribution is 0.0985. The molecule has 194 valence electrons. The van der Waals surface area contributed by atoms with Gasteiger partial charge in [-0.05, 0) is 82.3 Å². The van der Waals surface area contributed by atoms with Crippen LogP contribution in [0.3, 0.4) is 0 Å². The first-order valence-corrected chi connectivity index (χ1v) is 13.1. The van der Waals surface area contributed by atoms with Crippen LogP contribution in [0, 0.1) is 13.8 Å². The van der Waals surface area contributed by atoms with Gasteiger partial charge in [-0.3, -0.25) is 4.90 Å². The van der Waals surface area contributed by atoms with Crippen LogP contribution in [0.15, 0.2) is 24.4 Å². The third kappa shape index (κ3) is 4.86. The first kappa shape index (κ1) is 25.4. The van der Waals surface area contributed by atoms with Crippen LogP contribution in [0.2, 0.25) is 0 Å². The summed E-state index contributed by atoms with van der Waals surface area (Å²) in [4.78, 5) is 14.5. The van der Waals surface area contributed by atoms with Gasteiger partial charge in [0.2, 0.25) is 0 Å². The summed E-state index contributed by atoms with van der Waals surface area (Å²) < 4.78 is 13.2. The quantitative estimate of drug-likeness (QED) is 0.530. The Morgan fingerprint density at radius 3 is 2.42 bits per heavy atom. The molecule has 0 N–H and O–H groups in total. The van der Waals surface area contributed by atoms with E-state index in [0.29, 0.717) is 12.0 Å². The number of anilines is 1. The minimum atomic E-state index is 0. The van der Waals surface area contributed by atoms with Crippen LogP contribution >= 0.6 is 13.5 Å². The maximum atomic E-state index is 5.63. The molecule has 0 saturated carbocycles. The summed E-state index contributed by atoms with van der Waals surface area (Å²) >= 11 is 0. The van der Waals surface area contributed by atoms with E-state index in [9.17, 15) is 0 Å². The number of likely N-dealkylation sites (tertiary alicyclic amines) is 1. The Balaban J connectivity index is 0.00000267. The Bertz CT molecular complexity index is 1200. The number of aryl methyl sites for hydroxylation is 2. The SMILES string of the molecule is Cc1nc(N2CCOC[C@@H]2C)cc(-n2ncc3cc(C)c(C4CCN(C5CCOC5)CC4)cc32)n1.S. The van der Waals surface area contributed by atoms with Gasteiger partial charge in [-0.15, -0.1) is 0 Å². The topological polar surface area (TPSA) is 68.5 Å². The molecule has 3 aromatic rings. The first-order valence-electron chi connectivity index (χ1n) is 13.1. The molecule has 3 aliphatic rings. The molecule has 6 rings (SSSR count). The zero-order chi connectivity index (χ0) is 23.9. The van der Waals surface area contributed by atoms with Crippen LogP contribution < -0.4 is 4.90 Å². The van der Waals surface area contributed by atoms with Gasteiger partial charge in [-0.25, -0.2) is 14.6 Å². The fraction of sp³-hybridized carbons (Fsp3) is 0.593. The van der Waals surface area contributed by atoms with E-state index in [-0.39, 0.29) is 19.5 Å². The highest BCUT2D eigenvalue weighted by molar-refractivity contribution is 7.59. The monoisotopic (exact) mass is 510 g/mol. The van der Waals surface area contributed by atoms with E-state index < -0.39 is 0 Å². The van der Waals surface area contributed by atoms with E-state index in [1.54, 1.807) is 0 Å². The highest BCUT2D eigenvalue weighted by Gasteiger charge is 2.29. The number of ether oxygens (including phenoxy) is 2. The molecule has 9 heteroatoms. The number of aromatic nitrogens is 4. The molecule has 0 bridgehead atoms. The molecule has 5 heterocycles. The van der Waals surface area contributed by atoms with Gasteiger partial charge in [-0.1, -0.05) is 0 Å². The molecular weight excluding hydrogens is 472 g/mol. The van der Waals surface area contributed by atoms with Crippen LogP contribution in [0.5, 0.6) is 0 Å². The Morgan fingerprint density at radius 2 is 1.67 bits per heavy atom. The van der Waals surface area contributed by atoms with E-state index in [4.69, 9.17) is 24.5 Å². The Morgan fingerprint density at radius 1 is 0.889 bits per heavy atom. The highest BCUT2D eigenvalue weighted by atomic mass is 32.1. The van der Waals surface area contributed by atoms with E-state index in [1.165, 1.54) is 30.4 Å². The molecule has 0 radical (unpaired) electrons. The second kappa shape index (κ2) is 10.7. The van der Waals surface area contributed by atoms with Crippen molar-refractivity contribution in [2.24, 2.45) is 0 Å². The lowest BCUT2D eigenvalue weighted by Crippen LogP contribution is -2.44. The molecule has 2 atom stereocenters. The van der Waals surface area contributed by atoms with Crippen LogP contribution in [0.1, 0.15) is 49.1 Å². The standard InChI is InChI=1S/C27H36N6O2.H2S/c1-18-12-22-15-28-33(27-14-26(29-20(3)30-27)32-9-11-35-16-19(32)2)25(22)13-24(18)21-4-7-31(8-5-21)23-6-10-34-17-23;/h12-15,19,21,23H,4-11,16-17H2,1-3H3;1H2/t19-,23?;/m0./s1. The number of rotatable bonds is 4. The highest BCUT2D eigenvalue weighted by Crippen LogP contribution is 2.34. The summed E-state index contributed by atoms with van der Waals surface area (Å²) in [5, 5.41) is 5.92. The molecule has 3 saturated heterocycles. The molecule has 0 amide bonds. The van der Waals surface area contributed by atoms with Gasteiger partial charge in [-0.2, -0.15) is 18.6 Å². The van der Waals surface area contributed by atoms with Gasteiger partial charge in [0.1, 0.15) is 11.6 Å². The summed E-state index contributed by atoms with van der Waals surface area (Å²) in [6.07, 6.45) is 5.53. The van der Waals surface area contributed by atoms with E-state index in [2.05, 4.69) is 41.8 Å². The first-order chi connectivity index (χ1) is 17.1. The van der Waals surface area contributed by atoms with Gasteiger partial charge < -0.3 is 14.4 Å². The second-order valence-corrected chi connectivity index (χ2v) is 10.4. The normalized spacial score (nSPS) is 23.8. The van der Waals surface area contributed by atoms with Crippen molar-refractivity contribution < 1.29 is 9.47 Å². The number of fused-ring (bicyclic) bond motifs is 1. The maximum Gasteiger partial charge on any atom is 0.159 e. The van der Waals surface area contributed by atoms with Gasteiger partial charge in [0, 0.05) is 30.6 Å². The minimum absolute atomic E-state index is 0. The van der Waals surface area contributed by atoms with Crippen molar-refractivity contribution in [1.29, 1.82) is 0 Å². The lowest BCUT2D eigenvalue weighted by atomic mass is 9.86. The predicted molar refractivity (Wildman–Crippen MR) is 147 cm³/mol. The summed E-state index contributed by atoms with van der Waals surface area (Å²) in [5.74, 6) is 3.11. The molecular formula is C27H38N6O2S. The number of hydrogen-bond acceptors (Lipinski definition) is 7. The molecule has 0 spiro atoms. The Labute approximate surface area is 220 Å². The van der Waals surface area contributed by atoms with Gasteiger partial charge in [0.25, 0.3) is 0 Å². The predicted octanol–water partition coefficient (Wildman–Crippen LogP) is 3.74. The van der Waals surface area contributed by atoms with Crippen LogP contribution in [0.4, 0.5) is 5.82 Å². The second-order valence-electron chi connectivity index (χ2n) is 10.4. The summed E-state index contributed by atoms with van der Waals surface area (Å²) in [7, 11) is 0. The van der Waals surface area contributed by atoms with Crippen molar-refractivity contribution in [2.75, 3.05) is 51.0 Å². The number of piperidine rings is 1. The minimum Gasteiger partial charge on any atom is -0.380 e. The van der Waals surface area contributed by atoms with Crippen molar-refractivity contribution in [2.45, 2.75) is 58.0 Å². The van der Waals surface area contributed by atoms with Gasteiger partial charge in [0.15, 0.2) is 5.82 Å². The van der Waals surface area contributed by atoms with E-state index in [0.717, 1.165) is 74.4 Å². The Kier molecular flexibility index (Phi) is 7.53. The largest absolute Gasteiger partial charge is 0.380 e. The van der Waals surface area contributed by atoms with E-state index in [1.807, 2.05) is 17.8 Å². The maximum absolute atomic E-state index is 5.63. The van der Waals surface area contributed by atoms with Crippen LogP contribution in [-0.4, -0.2) is 82.8 Å². The third-order valence-corrected chi connectivity index (χ3v) is 8.04. The summed E-state index contributed by atoms with van der Waals surface area (Å²) in [5.41, 5.74) is 3.94. The third-order valence-electron chi connectivity index (χ3n) is 8.04. The number of morpholine rings is 1. The molecule has 1 unspecified atom stereocenters. The fourth-order valence-electron chi connectivity index (χ4n) is 6.07. The van der Waals surface area contributed by atoms with Crippen molar-refractivity contribution in [3.05, 3.63) is 41.3 Å². The smallest absolute Gasteiger partial charge is 0.159 e. The van der Waals surface area contributed by atoms with Crippen LogP contribution in [0.25, 0.3) is 16.7 Å². The molecule has 3 aliphatic heterocycles. The number of nitrogens with zero attached hydrogens (tertiary/aromatic N) is 6. The molecule has 36 heavy (non-hydrogen) atoms. The summed E-state index contributed by atoms with van der Waals surface area (Å²) in [6, 6.07) is 7.64. The summed E-state index contributed by atoms with van der Waals surface area (Å²) in [6.45, 7) is 12.8. The van der Waals surface area contributed by atoms with Crippen molar-refractivity contribution in [3.8, 4) is 5.82 Å². The van der Waals surface area contributed by atoms with Crippen molar-refractivity contribution in [3.63, 3.8) is 0 Å². The molecule has 2 aromatic heterocycles. The molecule has 8 nitrogen and oxygen atoms in total. The van der Waals surface area contributed by atoms with E-state index >= 15 is 0 Å². The van der Waals surface area contributed by atoms with Gasteiger partial charge in [0.05, 0.1) is 37.6 Å². The average molecular weight is 511 g/mol. The average Bonchev–Trinajstić information content (AvgIpc) is 3.54. The number of benzene rings is 1. The van der Waals surface area contributed by atoms with Gasteiger partial charge >= 0.3 is 0 Å². The zero-order valence-electron chi connectivity index (χ0n) is 21.6. The molecule has 0 aliphatic carbocycles. The fourth-order valence-corrected chi connectivity index (χ4v) is 6.07. The lowest BCUT2D eigenvalue weighted by Gasteiger charge is -2.36.